The highest BCUT2D eigenvalue weighted by atomic mass is 32.2. The molecule has 11 heteroatoms. The Kier molecular flexibility index (Phi) is 7.65. The number of morpholine rings is 1. The highest BCUT2D eigenvalue weighted by Gasteiger charge is 2.46. The lowest BCUT2D eigenvalue weighted by atomic mass is 9.93. The van der Waals surface area contributed by atoms with Gasteiger partial charge in [0.1, 0.15) is 6.17 Å². The summed E-state index contributed by atoms with van der Waals surface area (Å²) in [5.74, 6) is -2.68. The molecule has 1 aromatic heterocycles. The predicted molar refractivity (Wildman–Crippen MR) is 149 cm³/mol. The minimum Gasteiger partial charge on any atom is -0.487 e. The summed E-state index contributed by atoms with van der Waals surface area (Å²) in [7, 11) is -1.66. The third-order valence-electron chi connectivity index (χ3n) is 7.93. The van der Waals surface area contributed by atoms with Crippen molar-refractivity contribution in [3.8, 4) is 5.75 Å². The van der Waals surface area contributed by atoms with Gasteiger partial charge in [0.05, 0.1) is 42.4 Å². The van der Waals surface area contributed by atoms with Crippen molar-refractivity contribution >= 4 is 16.7 Å². The van der Waals surface area contributed by atoms with E-state index in [-0.39, 0.29) is 48.4 Å². The fourth-order valence-electron chi connectivity index (χ4n) is 5.95. The molecule has 0 bridgehead atoms. The van der Waals surface area contributed by atoms with Crippen molar-refractivity contribution in [2.75, 3.05) is 31.4 Å². The monoisotopic (exact) mass is 583 g/mol. The Hall–Kier alpha value is -3.57. The Morgan fingerprint density at radius 1 is 1.05 bits per heavy atom. The van der Waals surface area contributed by atoms with Crippen LogP contribution in [-0.2, 0) is 21.3 Å². The highest BCUT2D eigenvalue weighted by Crippen LogP contribution is 2.42. The number of ether oxygens (including phenoxy) is 2. The van der Waals surface area contributed by atoms with E-state index >= 15 is 4.39 Å². The van der Waals surface area contributed by atoms with Crippen LogP contribution in [0.15, 0.2) is 58.4 Å². The van der Waals surface area contributed by atoms with E-state index < -0.39 is 40.1 Å². The molecule has 0 N–H and O–H groups in total. The van der Waals surface area contributed by atoms with Gasteiger partial charge in [0.15, 0.2) is 23.1 Å². The topological polar surface area (TPSA) is 81.1 Å². The van der Waals surface area contributed by atoms with E-state index in [1.165, 1.54) is 18.3 Å². The van der Waals surface area contributed by atoms with Crippen LogP contribution < -0.4 is 15.2 Å². The molecule has 1 saturated heterocycles. The first-order valence-corrected chi connectivity index (χ1v) is 15.2. The van der Waals surface area contributed by atoms with E-state index in [9.17, 15) is 18.2 Å². The fourth-order valence-corrected chi connectivity index (χ4v) is 7.33. The average molecular weight is 584 g/mol. The van der Waals surface area contributed by atoms with Crippen LogP contribution in [-0.4, -0.2) is 52.2 Å². The molecular formula is C30H31F2N3O5S. The fraction of sp³-hybridized carbons (Fsp3) is 0.400. The molecule has 0 saturated carbocycles. The summed E-state index contributed by atoms with van der Waals surface area (Å²) in [4.78, 5) is 29.2. The summed E-state index contributed by atoms with van der Waals surface area (Å²) in [6, 6.07) is 10.2. The standard InChI is InChI=1S/C30H31F2N3O5S/c1-2-3-4-7-15-40-29-23(36)12-13-34-28(29)30(37)33-14-16-39-17-25(33)35(34)27-19-10-11-22(31)26(32)21(19)18-41(38)24-9-6-5-8-20(24)27/h5-6,8-13,25,27H,2-4,7,14-18H2,1H3/t25-,27+,41?/m1/s1. The number of rotatable bonds is 7. The second-order valence-electron chi connectivity index (χ2n) is 10.4. The summed E-state index contributed by atoms with van der Waals surface area (Å²) in [5, 5.41) is 1.84. The number of halogens is 2. The number of carbonyl (C=O) groups is 1. The molecule has 4 heterocycles. The third kappa shape index (κ3) is 4.74. The maximum absolute atomic E-state index is 15.4. The second kappa shape index (κ2) is 11.4. The number of hydrogen-bond acceptors (Lipinski definition) is 6. The molecule has 6 rings (SSSR count). The zero-order chi connectivity index (χ0) is 28.7. The zero-order valence-corrected chi connectivity index (χ0v) is 23.5. The number of hydrogen-bond donors (Lipinski definition) is 0. The van der Waals surface area contributed by atoms with Crippen molar-refractivity contribution in [1.82, 2.24) is 9.58 Å². The summed E-state index contributed by atoms with van der Waals surface area (Å²) in [6.45, 7) is 3.11. The van der Waals surface area contributed by atoms with E-state index in [0.717, 1.165) is 31.7 Å². The molecule has 1 amide bonds. The van der Waals surface area contributed by atoms with Crippen LogP contribution in [0.3, 0.4) is 0 Å². The van der Waals surface area contributed by atoms with Gasteiger partial charge in [-0.15, -0.1) is 0 Å². The van der Waals surface area contributed by atoms with Crippen LogP contribution in [0.1, 0.15) is 65.8 Å². The van der Waals surface area contributed by atoms with Gasteiger partial charge in [-0.3, -0.25) is 23.5 Å². The van der Waals surface area contributed by atoms with Crippen molar-refractivity contribution in [2.24, 2.45) is 0 Å². The Morgan fingerprint density at radius 3 is 2.71 bits per heavy atom. The lowest BCUT2D eigenvalue weighted by molar-refractivity contribution is -0.0198. The normalized spacial score (nSPS) is 21.4. The number of carbonyl (C=O) groups excluding carboxylic acids is 1. The first-order valence-electron chi connectivity index (χ1n) is 13.9. The van der Waals surface area contributed by atoms with E-state index in [2.05, 4.69) is 6.92 Å². The molecule has 3 atom stereocenters. The van der Waals surface area contributed by atoms with Crippen LogP contribution in [0.2, 0.25) is 0 Å². The Balaban J connectivity index is 1.57. The molecule has 2 aromatic carbocycles. The molecule has 3 aromatic rings. The summed E-state index contributed by atoms with van der Waals surface area (Å²) in [6.07, 6.45) is 4.63. The highest BCUT2D eigenvalue weighted by molar-refractivity contribution is 7.84. The maximum atomic E-state index is 15.4. The quantitative estimate of drug-likeness (QED) is 0.387. The number of unbranched alkanes of at least 4 members (excludes halogenated alkanes) is 3. The smallest absolute Gasteiger partial charge is 0.278 e. The minimum atomic E-state index is -1.66. The average Bonchev–Trinajstić information content (AvgIpc) is 3.11. The van der Waals surface area contributed by atoms with Gasteiger partial charge in [0.2, 0.25) is 5.43 Å². The lowest BCUT2D eigenvalue weighted by Crippen LogP contribution is -2.66. The van der Waals surface area contributed by atoms with Gasteiger partial charge in [-0.1, -0.05) is 50.5 Å². The second-order valence-corrected chi connectivity index (χ2v) is 11.8. The molecular weight excluding hydrogens is 552 g/mol. The molecule has 3 aliphatic heterocycles. The Bertz CT molecular complexity index is 1580. The third-order valence-corrected chi connectivity index (χ3v) is 9.34. The summed E-state index contributed by atoms with van der Waals surface area (Å²) < 4.78 is 56.7. The van der Waals surface area contributed by atoms with Gasteiger partial charge < -0.3 is 14.4 Å². The van der Waals surface area contributed by atoms with Crippen LogP contribution in [0.5, 0.6) is 5.75 Å². The summed E-state index contributed by atoms with van der Waals surface area (Å²) >= 11 is 0. The predicted octanol–water partition coefficient (Wildman–Crippen LogP) is 4.25. The number of amides is 1. The Morgan fingerprint density at radius 2 is 1.88 bits per heavy atom. The van der Waals surface area contributed by atoms with Gasteiger partial charge >= 0.3 is 0 Å². The van der Waals surface area contributed by atoms with Crippen LogP contribution >= 0.6 is 0 Å². The van der Waals surface area contributed by atoms with E-state index in [4.69, 9.17) is 9.47 Å². The van der Waals surface area contributed by atoms with Crippen molar-refractivity contribution in [1.29, 1.82) is 0 Å². The van der Waals surface area contributed by atoms with E-state index in [1.807, 2.05) is 11.1 Å². The van der Waals surface area contributed by atoms with E-state index in [0.29, 0.717) is 22.6 Å². The van der Waals surface area contributed by atoms with Gasteiger partial charge in [-0.25, -0.2) is 8.78 Å². The van der Waals surface area contributed by atoms with E-state index in [1.54, 1.807) is 27.8 Å². The number of benzene rings is 2. The first-order chi connectivity index (χ1) is 19.9. The molecule has 8 nitrogen and oxygen atoms in total. The molecule has 0 radical (unpaired) electrons. The molecule has 3 aliphatic rings. The van der Waals surface area contributed by atoms with Crippen molar-refractivity contribution in [3.63, 3.8) is 0 Å². The molecule has 41 heavy (non-hydrogen) atoms. The molecule has 1 unspecified atom stereocenters. The first kappa shape index (κ1) is 27.6. The molecule has 1 fully saturated rings. The van der Waals surface area contributed by atoms with Crippen molar-refractivity contribution in [3.05, 3.63) is 92.9 Å². The van der Waals surface area contributed by atoms with Crippen LogP contribution in [0, 0.1) is 11.6 Å². The van der Waals surface area contributed by atoms with Crippen LogP contribution in [0.4, 0.5) is 8.78 Å². The van der Waals surface area contributed by atoms with Gasteiger partial charge in [0, 0.05) is 29.3 Å². The number of aromatic nitrogens is 1. The number of pyridine rings is 1. The van der Waals surface area contributed by atoms with Gasteiger partial charge in [0.25, 0.3) is 5.91 Å². The Labute approximate surface area is 238 Å². The molecule has 0 aliphatic carbocycles. The van der Waals surface area contributed by atoms with Gasteiger partial charge in [-0.05, 0) is 29.7 Å². The lowest BCUT2D eigenvalue weighted by Gasteiger charge is -2.51. The van der Waals surface area contributed by atoms with Crippen molar-refractivity contribution < 1.29 is 27.3 Å². The number of fused-ring (bicyclic) bond motifs is 4. The van der Waals surface area contributed by atoms with Crippen LogP contribution in [0.25, 0.3) is 0 Å². The maximum Gasteiger partial charge on any atom is 0.278 e. The molecule has 216 valence electrons. The zero-order valence-electron chi connectivity index (χ0n) is 22.7. The van der Waals surface area contributed by atoms with Crippen molar-refractivity contribution in [2.45, 2.75) is 55.5 Å². The van der Waals surface area contributed by atoms with Gasteiger partial charge in [-0.2, -0.15) is 0 Å². The number of nitrogens with zero attached hydrogens (tertiary/aromatic N) is 3. The molecule has 0 spiro atoms. The summed E-state index contributed by atoms with van der Waals surface area (Å²) in [5.41, 5.74) is 0.719. The minimum absolute atomic E-state index is 0.0136. The SMILES string of the molecule is CCCCCCOc1c2n(ccc1=O)N([C@@H]1c3ccccc3S(=O)Cc3c1ccc(F)c3F)[C@@H]1COCCN1C2=O. The largest absolute Gasteiger partial charge is 0.487 e.